The van der Waals surface area contributed by atoms with Gasteiger partial charge in [-0.15, -0.1) is 0 Å². The Kier molecular flexibility index (Phi) is 7.54. The number of rotatable bonds is 6. The summed E-state index contributed by atoms with van der Waals surface area (Å²) in [6, 6.07) is 0. The molecular weight excluding hydrogens is 428 g/mol. The summed E-state index contributed by atoms with van der Waals surface area (Å²) in [5.41, 5.74) is 2.63. The van der Waals surface area contributed by atoms with Gasteiger partial charge in [0, 0.05) is 17.9 Å². The van der Waals surface area contributed by atoms with Crippen LogP contribution in [0.5, 0.6) is 5.75 Å². The Morgan fingerprint density at radius 2 is 1.91 bits per heavy atom. The first kappa shape index (κ1) is 26.3. The van der Waals surface area contributed by atoms with Crippen LogP contribution in [-0.4, -0.2) is 17.2 Å². The molecule has 188 valence electrons. The second-order valence-electron chi connectivity index (χ2n) is 11.4. The first-order chi connectivity index (χ1) is 15.8. The van der Waals surface area contributed by atoms with Gasteiger partial charge >= 0.3 is 11.6 Å². The van der Waals surface area contributed by atoms with Gasteiger partial charge in [-0.1, -0.05) is 37.6 Å². The molecule has 2 aliphatic carbocycles. The minimum absolute atomic E-state index is 0.0446. The highest BCUT2D eigenvalue weighted by molar-refractivity contribution is 5.66. The average molecular weight is 471 g/mol. The molecule has 34 heavy (non-hydrogen) atoms. The molecule has 2 aliphatic rings. The number of allylic oxidation sites excluding steroid dienone is 3. The van der Waals surface area contributed by atoms with E-state index in [9.17, 15) is 14.7 Å². The molecule has 0 spiro atoms. The zero-order chi connectivity index (χ0) is 25.4. The average Bonchev–Trinajstić information content (AvgIpc) is 2.73. The number of aryl methyl sites for hydroxylation is 1. The standard InChI is InChI=1S/C29H42O5/c1-17(2)10-9-14-29(8)24-12-11-18(3)23(28(24,7)15-13-25(29)34-21(6)30)16-22-26(31)19(4)20(5)33-27(22)32/h10,23-25,31H,3,9,11-16H2,1-2,4-8H3/t23-,24-,25+,28-,29+/m1/s1. The van der Waals surface area contributed by atoms with Crippen LogP contribution in [0.3, 0.4) is 0 Å². The molecule has 1 aromatic rings. The Bertz CT molecular complexity index is 1040. The third kappa shape index (κ3) is 4.76. The first-order valence-corrected chi connectivity index (χ1v) is 12.6. The minimum atomic E-state index is -0.459. The molecule has 5 heteroatoms. The van der Waals surface area contributed by atoms with E-state index < -0.39 is 5.63 Å². The minimum Gasteiger partial charge on any atom is -0.507 e. The molecule has 0 unspecified atom stereocenters. The fourth-order valence-electron chi connectivity index (χ4n) is 6.90. The molecule has 0 radical (unpaired) electrons. The lowest BCUT2D eigenvalue weighted by atomic mass is 9.45. The van der Waals surface area contributed by atoms with Gasteiger partial charge in [0.05, 0.1) is 5.56 Å². The Hall–Kier alpha value is -2.30. The number of carbonyl (C=O) groups is 1. The van der Waals surface area contributed by atoms with Crippen molar-refractivity contribution in [1.82, 2.24) is 0 Å². The van der Waals surface area contributed by atoms with E-state index in [1.54, 1.807) is 13.8 Å². The quantitative estimate of drug-likeness (QED) is 0.376. The molecule has 1 aromatic heterocycles. The van der Waals surface area contributed by atoms with Crippen molar-refractivity contribution < 1.29 is 19.1 Å². The van der Waals surface area contributed by atoms with Crippen LogP contribution in [0.15, 0.2) is 33.0 Å². The molecule has 2 saturated carbocycles. The number of ether oxygens (including phenoxy) is 1. The monoisotopic (exact) mass is 470 g/mol. The molecule has 2 fully saturated rings. The summed E-state index contributed by atoms with van der Waals surface area (Å²) in [6.45, 7) is 18.2. The zero-order valence-corrected chi connectivity index (χ0v) is 22.0. The Labute approximate surface area is 204 Å². The number of fused-ring (bicyclic) bond motifs is 1. The maximum atomic E-state index is 12.7. The number of hydrogen-bond acceptors (Lipinski definition) is 5. The van der Waals surface area contributed by atoms with E-state index >= 15 is 0 Å². The van der Waals surface area contributed by atoms with Crippen molar-refractivity contribution in [3.63, 3.8) is 0 Å². The van der Waals surface area contributed by atoms with Crippen molar-refractivity contribution in [2.24, 2.45) is 22.7 Å². The van der Waals surface area contributed by atoms with Gasteiger partial charge in [0.2, 0.25) is 0 Å². The number of carbonyl (C=O) groups excluding carboxylic acids is 1. The van der Waals surface area contributed by atoms with Gasteiger partial charge in [-0.3, -0.25) is 4.79 Å². The highest BCUT2D eigenvalue weighted by atomic mass is 16.5. The summed E-state index contributed by atoms with van der Waals surface area (Å²) in [7, 11) is 0. The highest BCUT2D eigenvalue weighted by Gasteiger charge is 2.58. The lowest BCUT2D eigenvalue weighted by Crippen LogP contribution is -2.57. The second-order valence-corrected chi connectivity index (χ2v) is 11.4. The molecule has 0 aliphatic heterocycles. The summed E-state index contributed by atoms with van der Waals surface area (Å²) in [5, 5.41) is 10.8. The van der Waals surface area contributed by atoms with E-state index in [1.165, 1.54) is 12.5 Å². The Morgan fingerprint density at radius 1 is 1.24 bits per heavy atom. The van der Waals surface area contributed by atoms with Crippen molar-refractivity contribution in [3.05, 3.63) is 51.1 Å². The van der Waals surface area contributed by atoms with Crippen LogP contribution in [0, 0.1) is 36.5 Å². The summed E-state index contributed by atoms with van der Waals surface area (Å²) < 4.78 is 11.4. The van der Waals surface area contributed by atoms with Crippen LogP contribution < -0.4 is 5.63 Å². The van der Waals surface area contributed by atoms with E-state index in [0.717, 1.165) is 44.1 Å². The lowest BCUT2D eigenvalue weighted by Gasteiger charge is -2.61. The lowest BCUT2D eigenvalue weighted by molar-refractivity contribution is -0.178. The third-order valence-corrected chi connectivity index (χ3v) is 8.93. The molecule has 0 amide bonds. The normalized spacial score (nSPS) is 31.0. The maximum absolute atomic E-state index is 12.7. The third-order valence-electron chi connectivity index (χ3n) is 8.93. The van der Waals surface area contributed by atoms with Crippen molar-refractivity contribution >= 4 is 5.97 Å². The summed E-state index contributed by atoms with van der Waals surface area (Å²) in [4.78, 5) is 24.7. The molecule has 1 N–H and O–H groups in total. The van der Waals surface area contributed by atoms with Gasteiger partial charge in [0.15, 0.2) is 0 Å². The van der Waals surface area contributed by atoms with Gasteiger partial charge < -0.3 is 14.3 Å². The fraction of sp³-hybridized carbons (Fsp3) is 0.655. The Morgan fingerprint density at radius 3 is 2.53 bits per heavy atom. The summed E-state index contributed by atoms with van der Waals surface area (Å²) in [5.74, 6) is 0.623. The predicted octanol–water partition coefficient (Wildman–Crippen LogP) is 6.57. The largest absolute Gasteiger partial charge is 0.507 e. The smallest absolute Gasteiger partial charge is 0.342 e. The van der Waals surface area contributed by atoms with Crippen LogP contribution in [0.4, 0.5) is 0 Å². The van der Waals surface area contributed by atoms with Crippen LogP contribution in [-0.2, 0) is 16.0 Å². The SMILES string of the molecule is C=C1CC[C@H]2[C@](C)(CCC=C(C)C)[C@@H](OC(C)=O)CC[C@]2(C)[C@@H]1Cc1c(O)c(C)c(C)oc1=O. The van der Waals surface area contributed by atoms with E-state index in [-0.39, 0.29) is 34.6 Å². The predicted molar refractivity (Wildman–Crippen MR) is 135 cm³/mol. The van der Waals surface area contributed by atoms with Gasteiger partial charge in [0.25, 0.3) is 0 Å². The number of hydrogen-bond donors (Lipinski definition) is 1. The van der Waals surface area contributed by atoms with Crippen LogP contribution in [0.2, 0.25) is 0 Å². The van der Waals surface area contributed by atoms with E-state index in [4.69, 9.17) is 9.15 Å². The maximum Gasteiger partial charge on any atom is 0.342 e. The van der Waals surface area contributed by atoms with Crippen LogP contribution in [0.25, 0.3) is 0 Å². The van der Waals surface area contributed by atoms with Crippen molar-refractivity contribution in [2.45, 2.75) is 99.5 Å². The Balaban J connectivity index is 2.02. The molecule has 3 rings (SSSR count). The van der Waals surface area contributed by atoms with E-state index in [2.05, 4.69) is 40.3 Å². The van der Waals surface area contributed by atoms with Gasteiger partial charge in [-0.2, -0.15) is 0 Å². The number of esters is 1. The number of aromatic hydroxyl groups is 1. The van der Waals surface area contributed by atoms with Crippen molar-refractivity contribution in [3.8, 4) is 5.75 Å². The highest BCUT2D eigenvalue weighted by Crippen LogP contribution is 2.63. The van der Waals surface area contributed by atoms with E-state index in [1.807, 2.05) is 0 Å². The molecule has 5 atom stereocenters. The first-order valence-electron chi connectivity index (χ1n) is 12.6. The molecule has 5 nitrogen and oxygen atoms in total. The molecular formula is C29H42O5. The molecule has 0 saturated heterocycles. The second kappa shape index (κ2) is 9.75. The molecule has 0 aromatic carbocycles. The summed E-state index contributed by atoms with van der Waals surface area (Å²) >= 11 is 0. The van der Waals surface area contributed by atoms with Crippen LogP contribution in [0.1, 0.15) is 90.0 Å². The fourth-order valence-corrected chi connectivity index (χ4v) is 6.90. The van der Waals surface area contributed by atoms with Crippen LogP contribution >= 0.6 is 0 Å². The van der Waals surface area contributed by atoms with Gasteiger partial charge in [0.1, 0.15) is 17.6 Å². The van der Waals surface area contributed by atoms with Gasteiger partial charge in [-0.25, -0.2) is 4.79 Å². The summed E-state index contributed by atoms with van der Waals surface area (Å²) in [6.07, 6.45) is 7.96. The molecule has 1 heterocycles. The van der Waals surface area contributed by atoms with Crippen molar-refractivity contribution in [1.29, 1.82) is 0 Å². The zero-order valence-electron chi connectivity index (χ0n) is 22.0. The van der Waals surface area contributed by atoms with Gasteiger partial charge in [-0.05, 0) is 89.9 Å². The topological polar surface area (TPSA) is 76.7 Å². The van der Waals surface area contributed by atoms with Crippen molar-refractivity contribution in [2.75, 3.05) is 0 Å². The molecule has 0 bridgehead atoms. The van der Waals surface area contributed by atoms with E-state index in [0.29, 0.717) is 29.2 Å².